The van der Waals surface area contributed by atoms with Gasteiger partial charge < -0.3 is 9.42 Å². The summed E-state index contributed by atoms with van der Waals surface area (Å²) in [5.41, 5.74) is -0.0790. The number of nitrogens with zero attached hydrogens (tertiary/aromatic N) is 1. The number of hydrogen-bond acceptors (Lipinski definition) is 3. The van der Waals surface area contributed by atoms with Crippen molar-refractivity contribution >= 4 is 8.53 Å². The molecule has 3 atom stereocenters. The summed E-state index contributed by atoms with van der Waals surface area (Å²) in [4.78, 5) is 10.1. The maximum atomic E-state index is 10.1. The van der Waals surface area contributed by atoms with Crippen LogP contribution in [0.3, 0.4) is 0 Å². The lowest BCUT2D eigenvalue weighted by atomic mass is 9.71. The standard InChI is InChI=1S/C13H26NO2P.C2H6/c1-4-12-13(5-2,16-17(15)14(12)3)11-9-7-6-8-10-11;1-2/h11-12,15H,4-10H2,1-3H3;1-2H3. The Bertz CT molecular complexity index is 259. The molecule has 3 unspecified atom stereocenters. The molecule has 3 nitrogen and oxygen atoms in total. The molecule has 114 valence electrons. The monoisotopic (exact) mass is 289 g/mol. The quantitative estimate of drug-likeness (QED) is 0.764. The summed E-state index contributed by atoms with van der Waals surface area (Å²) in [5.74, 6) is 0.647. The molecule has 0 aromatic rings. The predicted molar refractivity (Wildman–Crippen MR) is 83.0 cm³/mol. The average molecular weight is 289 g/mol. The van der Waals surface area contributed by atoms with E-state index in [-0.39, 0.29) is 5.60 Å². The van der Waals surface area contributed by atoms with Crippen LogP contribution in [-0.2, 0) is 4.52 Å². The van der Waals surface area contributed by atoms with E-state index in [0.29, 0.717) is 12.0 Å². The van der Waals surface area contributed by atoms with Gasteiger partial charge in [0, 0.05) is 6.04 Å². The Morgan fingerprint density at radius 3 is 2.26 bits per heavy atom. The van der Waals surface area contributed by atoms with Crippen LogP contribution >= 0.6 is 8.53 Å². The number of rotatable bonds is 3. The zero-order valence-corrected chi connectivity index (χ0v) is 14.2. The Morgan fingerprint density at radius 1 is 1.21 bits per heavy atom. The molecule has 2 rings (SSSR count). The van der Waals surface area contributed by atoms with Gasteiger partial charge in [0.15, 0.2) is 0 Å². The maximum absolute atomic E-state index is 10.1. The third kappa shape index (κ3) is 3.32. The summed E-state index contributed by atoms with van der Waals surface area (Å²) in [6, 6.07) is 0.395. The Kier molecular flexibility index (Phi) is 7.24. The van der Waals surface area contributed by atoms with Gasteiger partial charge in [-0.3, -0.25) is 0 Å². The van der Waals surface area contributed by atoms with E-state index in [4.69, 9.17) is 4.52 Å². The zero-order chi connectivity index (χ0) is 14.5. The first-order valence-corrected chi connectivity index (χ1v) is 9.23. The molecule has 0 aromatic carbocycles. The first kappa shape index (κ1) is 17.4. The van der Waals surface area contributed by atoms with Gasteiger partial charge in [0.05, 0.1) is 5.60 Å². The summed E-state index contributed by atoms with van der Waals surface area (Å²) < 4.78 is 8.18. The van der Waals surface area contributed by atoms with Crippen molar-refractivity contribution in [2.45, 2.75) is 84.3 Å². The van der Waals surface area contributed by atoms with Crippen molar-refractivity contribution < 1.29 is 9.42 Å². The molecule has 19 heavy (non-hydrogen) atoms. The van der Waals surface area contributed by atoms with E-state index in [1.807, 2.05) is 20.9 Å². The molecule has 0 radical (unpaired) electrons. The largest absolute Gasteiger partial charge is 0.338 e. The van der Waals surface area contributed by atoms with Gasteiger partial charge in [-0.2, -0.15) is 0 Å². The first-order chi connectivity index (χ1) is 9.15. The lowest BCUT2D eigenvalue weighted by Gasteiger charge is -2.42. The summed E-state index contributed by atoms with van der Waals surface area (Å²) in [7, 11) is 0.657. The molecule has 0 amide bonds. The van der Waals surface area contributed by atoms with Crippen molar-refractivity contribution in [3.8, 4) is 0 Å². The SMILES string of the molecule is CC.CCC1N(C)P(O)OC1(CC)C1CCCCC1. The fourth-order valence-corrected chi connectivity index (χ4v) is 5.28. The number of likely N-dealkylation sites (N-methyl/N-ethyl adjacent to an activating group) is 1. The van der Waals surface area contributed by atoms with E-state index in [0.717, 1.165) is 12.8 Å². The van der Waals surface area contributed by atoms with Crippen LogP contribution < -0.4 is 0 Å². The second kappa shape index (κ2) is 7.93. The van der Waals surface area contributed by atoms with E-state index in [1.54, 1.807) is 0 Å². The number of hydrogen-bond donors (Lipinski definition) is 1. The van der Waals surface area contributed by atoms with E-state index < -0.39 is 8.53 Å². The van der Waals surface area contributed by atoms with Crippen LogP contribution in [-0.4, -0.2) is 28.3 Å². The van der Waals surface area contributed by atoms with E-state index >= 15 is 0 Å². The van der Waals surface area contributed by atoms with Crippen molar-refractivity contribution in [3.63, 3.8) is 0 Å². The van der Waals surface area contributed by atoms with Crippen molar-refractivity contribution in [3.05, 3.63) is 0 Å². The average Bonchev–Trinajstić information content (AvgIpc) is 2.74. The topological polar surface area (TPSA) is 32.7 Å². The molecular formula is C15H32NO2P. The Morgan fingerprint density at radius 2 is 1.79 bits per heavy atom. The Labute approximate surface area is 120 Å². The molecule has 1 aliphatic carbocycles. The molecule has 2 aliphatic rings. The molecule has 1 N–H and O–H groups in total. The molecule has 1 saturated carbocycles. The lowest BCUT2D eigenvalue weighted by Crippen LogP contribution is -2.49. The van der Waals surface area contributed by atoms with Crippen LogP contribution in [0.2, 0.25) is 0 Å². The van der Waals surface area contributed by atoms with Crippen LogP contribution in [0.5, 0.6) is 0 Å². The summed E-state index contributed by atoms with van der Waals surface area (Å²) in [6.07, 6.45) is 8.69. The van der Waals surface area contributed by atoms with Gasteiger partial charge in [-0.25, -0.2) is 4.67 Å². The smallest absolute Gasteiger partial charge is 0.256 e. The van der Waals surface area contributed by atoms with Crippen LogP contribution in [0.25, 0.3) is 0 Å². The van der Waals surface area contributed by atoms with Crippen LogP contribution in [0.4, 0.5) is 0 Å². The second-order valence-corrected chi connectivity index (χ2v) is 6.80. The van der Waals surface area contributed by atoms with Crippen molar-refractivity contribution in [2.75, 3.05) is 7.05 Å². The molecular weight excluding hydrogens is 257 g/mol. The van der Waals surface area contributed by atoms with Crippen molar-refractivity contribution in [2.24, 2.45) is 5.92 Å². The molecule has 1 aliphatic heterocycles. The first-order valence-electron chi connectivity index (χ1n) is 8.06. The Balaban J connectivity index is 0.000000861. The fraction of sp³-hybridized carbons (Fsp3) is 1.00. The van der Waals surface area contributed by atoms with E-state index in [2.05, 4.69) is 18.5 Å². The molecule has 0 bridgehead atoms. The summed E-state index contributed by atoms with van der Waals surface area (Å²) in [6.45, 7) is 8.44. The lowest BCUT2D eigenvalue weighted by molar-refractivity contribution is -0.0207. The zero-order valence-electron chi connectivity index (χ0n) is 13.4. The molecule has 1 saturated heterocycles. The minimum Gasteiger partial charge on any atom is -0.338 e. The summed E-state index contributed by atoms with van der Waals surface area (Å²) >= 11 is 0. The van der Waals surface area contributed by atoms with Crippen LogP contribution in [0.15, 0.2) is 0 Å². The highest BCUT2D eigenvalue weighted by molar-refractivity contribution is 7.43. The third-order valence-corrected chi connectivity index (χ3v) is 6.09. The molecule has 2 fully saturated rings. The molecule has 0 aromatic heterocycles. The van der Waals surface area contributed by atoms with Gasteiger partial charge in [-0.15, -0.1) is 0 Å². The highest BCUT2D eigenvalue weighted by Gasteiger charge is 2.54. The van der Waals surface area contributed by atoms with Crippen molar-refractivity contribution in [1.82, 2.24) is 4.67 Å². The molecule has 4 heteroatoms. The predicted octanol–water partition coefficient (Wildman–Crippen LogP) is 4.70. The highest BCUT2D eigenvalue weighted by Crippen LogP contribution is 2.58. The van der Waals surface area contributed by atoms with Gasteiger partial charge in [-0.05, 0) is 38.6 Å². The van der Waals surface area contributed by atoms with Gasteiger partial charge in [0.25, 0.3) is 8.53 Å². The second-order valence-electron chi connectivity index (χ2n) is 5.49. The minimum absolute atomic E-state index is 0.0790. The summed E-state index contributed by atoms with van der Waals surface area (Å²) in [5, 5.41) is 0. The van der Waals surface area contributed by atoms with Crippen molar-refractivity contribution in [1.29, 1.82) is 0 Å². The van der Waals surface area contributed by atoms with Crippen LogP contribution in [0, 0.1) is 5.92 Å². The normalized spacial score (nSPS) is 36.9. The van der Waals surface area contributed by atoms with Gasteiger partial charge in [0.1, 0.15) is 0 Å². The highest BCUT2D eigenvalue weighted by atomic mass is 31.2. The third-order valence-electron chi connectivity index (χ3n) is 4.77. The van der Waals surface area contributed by atoms with E-state index in [9.17, 15) is 4.89 Å². The minimum atomic E-state index is -1.36. The maximum Gasteiger partial charge on any atom is 0.256 e. The Hall–Kier alpha value is 0.310. The fourth-order valence-electron chi connectivity index (χ4n) is 3.85. The van der Waals surface area contributed by atoms with Gasteiger partial charge >= 0.3 is 0 Å². The molecule has 0 spiro atoms. The van der Waals surface area contributed by atoms with Gasteiger partial charge in [0.2, 0.25) is 0 Å². The van der Waals surface area contributed by atoms with Crippen LogP contribution in [0.1, 0.15) is 72.6 Å². The van der Waals surface area contributed by atoms with Gasteiger partial charge in [-0.1, -0.05) is 47.0 Å². The molecule has 1 heterocycles. The van der Waals surface area contributed by atoms with E-state index in [1.165, 1.54) is 32.1 Å².